The van der Waals surface area contributed by atoms with E-state index >= 15 is 0 Å². The van der Waals surface area contributed by atoms with Gasteiger partial charge in [0.2, 0.25) is 5.95 Å². The number of aryl methyl sites for hydroxylation is 1. The third kappa shape index (κ3) is 4.71. The van der Waals surface area contributed by atoms with Crippen molar-refractivity contribution in [3.8, 4) is 0 Å². The second-order valence-corrected chi connectivity index (χ2v) is 5.18. The number of nitrogens with zero attached hydrogens (tertiary/aromatic N) is 1. The second kappa shape index (κ2) is 5.72. The van der Waals surface area contributed by atoms with Crippen LogP contribution in [-0.2, 0) is 16.0 Å². The molecule has 0 saturated heterocycles. The van der Waals surface area contributed by atoms with Crippen LogP contribution in [0.25, 0.3) is 0 Å². The van der Waals surface area contributed by atoms with Gasteiger partial charge in [0, 0.05) is 5.56 Å². The maximum absolute atomic E-state index is 11.7. The molecule has 0 aliphatic rings. The van der Waals surface area contributed by atoms with E-state index in [1.807, 2.05) is 0 Å². The van der Waals surface area contributed by atoms with Crippen molar-refractivity contribution in [1.82, 2.24) is 9.97 Å². The predicted octanol–water partition coefficient (Wildman–Crippen LogP) is 1.05. The molecule has 0 aliphatic heterocycles. The molecule has 0 bridgehead atoms. The topological polar surface area (TPSA) is 121 Å². The summed E-state index contributed by atoms with van der Waals surface area (Å²) in [6.07, 6.45) is -1.19. The zero-order chi connectivity index (χ0) is 15.5. The summed E-state index contributed by atoms with van der Waals surface area (Å²) in [6, 6.07) is 0. The molecule has 8 nitrogen and oxygen atoms in total. The van der Waals surface area contributed by atoms with E-state index in [0.29, 0.717) is 0 Å². The summed E-state index contributed by atoms with van der Waals surface area (Å²) in [6.45, 7) is 6.59. The Bertz CT molecular complexity index is 586. The molecule has 0 aliphatic carbocycles. The van der Waals surface area contributed by atoms with Gasteiger partial charge in [-0.1, -0.05) is 0 Å². The average Bonchev–Trinajstić information content (AvgIpc) is 2.20. The number of rotatable bonds is 3. The van der Waals surface area contributed by atoms with Crippen molar-refractivity contribution < 1.29 is 19.4 Å². The zero-order valence-corrected chi connectivity index (χ0v) is 11.7. The molecule has 20 heavy (non-hydrogen) atoms. The summed E-state index contributed by atoms with van der Waals surface area (Å²) < 4.78 is 5.01. The molecule has 0 atom stereocenters. The molecule has 1 rings (SSSR count). The summed E-state index contributed by atoms with van der Waals surface area (Å²) in [5.74, 6) is -1.22. The van der Waals surface area contributed by atoms with Gasteiger partial charge in [-0.25, -0.2) is 9.78 Å². The number of carbonyl (C=O) groups is 2. The number of hydrogen-bond donors (Lipinski definition) is 3. The van der Waals surface area contributed by atoms with E-state index in [9.17, 15) is 14.4 Å². The minimum atomic E-state index is -1.13. The highest BCUT2D eigenvalue weighted by atomic mass is 16.6. The summed E-state index contributed by atoms with van der Waals surface area (Å²) in [5, 5.41) is 11.0. The molecule has 0 aromatic carbocycles. The minimum Gasteiger partial charge on any atom is -0.481 e. The van der Waals surface area contributed by atoms with Crippen LogP contribution in [-0.4, -0.2) is 32.7 Å². The van der Waals surface area contributed by atoms with Crippen LogP contribution in [0.3, 0.4) is 0 Å². The van der Waals surface area contributed by atoms with Crippen LogP contribution in [0.2, 0.25) is 0 Å². The molecule has 0 saturated carbocycles. The molecule has 1 aromatic rings. The van der Waals surface area contributed by atoms with E-state index in [1.165, 1.54) is 6.92 Å². The van der Waals surface area contributed by atoms with Gasteiger partial charge in [-0.15, -0.1) is 0 Å². The Hall–Kier alpha value is -2.38. The highest BCUT2D eigenvalue weighted by molar-refractivity contribution is 5.82. The van der Waals surface area contributed by atoms with Gasteiger partial charge < -0.3 is 9.84 Å². The van der Waals surface area contributed by atoms with E-state index in [0.717, 1.165) is 0 Å². The number of amides is 1. The normalized spacial score (nSPS) is 11.0. The van der Waals surface area contributed by atoms with Gasteiger partial charge in [-0.05, 0) is 27.7 Å². The third-order valence-electron chi connectivity index (χ3n) is 2.17. The largest absolute Gasteiger partial charge is 0.481 e. The summed E-state index contributed by atoms with van der Waals surface area (Å²) in [4.78, 5) is 40.1. The number of ether oxygens (including phenoxy) is 1. The number of hydrogen-bond acceptors (Lipinski definition) is 5. The zero-order valence-electron chi connectivity index (χ0n) is 11.7. The van der Waals surface area contributed by atoms with Gasteiger partial charge in [-0.2, -0.15) is 0 Å². The maximum Gasteiger partial charge on any atom is 0.414 e. The molecule has 3 N–H and O–H groups in total. The van der Waals surface area contributed by atoms with Crippen molar-refractivity contribution in [1.29, 1.82) is 0 Å². The molecular formula is C12H17N3O5. The fourth-order valence-corrected chi connectivity index (χ4v) is 1.43. The van der Waals surface area contributed by atoms with E-state index in [1.54, 1.807) is 20.8 Å². The lowest BCUT2D eigenvalue weighted by Crippen LogP contribution is -2.29. The van der Waals surface area contributed by atoms with Crippen molar-refractivity contribution in [2.45, 2.75) is 39.7 Å². The van der Waals surface area contributed by atoms with Gasteiger partial charge in [-0.3, -0.25) is 19.9 Å². The van der Waals surface area contributed by atoms with Gasteiger partial charge in [0.05, 0.1) is 12.1 Å². The SMILES string of the molecule is Cc1nc(NC(=O)OC(C)(C)C)[nH]c(=O)c1CC(=O)O. The Morgan fingerprint density at radius 3 is 2.45 bits per heavy atom. The Kier molecular flexibility index (Phi) is 4.49. The Balaban J connectivity index is 2.92. The lowest BCUT2D eigenvalue weighted by Gasteiger charge is -2.19. The number of aliphatic carboxylic acids is 1. The van der Waals surface area contributed by atoms with Crippen LogP contribution >= 0.6 is 0 Å². The molecule has 0 spiro atoms. The predicted molar refractivity (Wildman–Crippen MR) is 70.8 cm³/mol. The smallest absolute Gasteiger partial charge is 0.414 e. The van der Waals surface area contributed by atoms with Gasteiger partial charge in [0.15, 0.2) is 0 Å². The van der Waals surface area contributed by atoms with Crippen LogP contribution < -0.4 is 10.9 Å². The number of carbonyl (C=O) groups excluding carboxylic acids is 1. The van der Waals surface area contributed by atoms with Crippen molar-refractivity contribution in [3.05, 3.63) is 21.6 Å². The molecule has 1 aromatic heterocycles. The fraction of sp³-hybridized carbons (Fsp3) is 0.500. The summed E-state index contributed by atoms with van der Waals surface area (Å²) in [7, 11) is 0. The highest BCUT2D eigenvalue weighted by Gasteiger charge is 2.18. The van der Waals surface area contributed by atoms with Crippen molar-refractivity contribution >= 4 is 18.0 Å². The number of carboxylic acid groups (broad SMARTS) is 1. The third-order valence-corrected chi connectivity index (χ3v) is 2.17. The quantitative estimate of drug-likeness (QED) is 0.762. The van der Waals surface area contributed by atoms with Crippen LogP contribution in [0, 0.1) is 6.92 Å². The van der Waals surface area contributed by atoms with Crippen molar-refractivity contribution in [2.24, 2.45) is 0 Å². The molecule has 0 unspecified atom stereocenters. The van der Waals surface area contributed by atoms with Crippen LogP contribution in [0.4, 0.5) is 10.7 Å². The molecule has 8 heteroatoms. The number of aromatic nitrogens is 2. The van der Waals surface area contributed by atoms with Gasteiger partial charge in [0.25, 0.3) is 5.56 Å². The first-order valence-corrected chi connectivity index (χ1v) is 5.90. The second-order valence-electron chi connectivity index (χ2n) is 5.18. The number of anilines is 1. The maximum atomic E-state index is 11.7. The van der Waals surface area contributed by atoms with E-state index < -0.39 is 29.6 Å². The lowest BCUT2D eigenvalue weighted by molar-refractivity contribution is -0.136. The number of carboxylic acids is 1. The summed E-state index contributed by atoms with van der Waals surface area (Å²) >= 11 is 0. The monoisotopic (exact) mass is 283 g/mol. The standard InChI is InChI=1S/C12H17N3O5/c1-6-7(5-8(16)17)9(18)14-10(13-6)15-11(19)20-12(2,3)4/h5H2,1-4H3,(H,16,17)(H2,13,14,15,18,19). The first-order chi connectivity index (χ1) is 9.08. The first kappa shape index (κ1) is 15.7. The molecule has 1 amide bonds. The average molecular weight is 283 g/mol. The molecule has 0 radical (unpaired) electrons. The lowest BCUT2D eigenvalue weighted by atomic mass is 10.2. The Morgan fingerprint density at radius 2 is 2.00 bits per heavy atom. The highest BCUT2D eigenvalue weighted by Crippen LogP contribution is 2.09. The van der Waals surface area contributed by atoms with Gasteiger partial charge in [0.1, 0.15) is 5.60 Å². The minimum absolute atomic E-state index is 0.0484. The number of nitrogens with one attached hydrogen (secondary N) is 2. The van der Waals surface area contributed by atoms with Crippen LogP contribution in [0.5, 0.6) is 0 Å². The van der Waals surface area contributed by atoms with E-state index in [4.69, 9.17) is 9.84 Å². The molecular weight excluding hydrogens is 266 g/mol. The molecule has 1 heterocycles. The van der Waals surface area contributed by atoms with E-state index in [-0.39, 0.29) is 17.2 Å². The first-order valence-electron chi connectivity index (χ1n) is 5.90. The van der Waals surface area contributed by atoms with Crippen LogP contribution in [0.1, 0.15) is 32.0 Å². The summed E-state index contributed by atoms with van der Waals surface area (Å²) in [5.41, 5.74) is -0.997. The number of H-pyrrole nitrogens is 1. The molecule has 0 fully saturated rings. The number of aromatic amines is 1. The Morgan fingerprint density at radius 1 is 1.40 bits per heavy atom. The van der Waals surface area contributed by atoms with Crippen LogP contribution in [0.15, 0.2) is 4.79 Å². The van der Waals surface area contributed by atoms with E-state index in [2.05, 4.69) is 15.3 Å². The van der Waals surface area contributed by atoms with Crippen molar-refractivity contribution in [2.75, 3.05) is 5.32 Å². The van der Waals surface area contributed by atoms with Gasteiger partial charge >= 0.3 is 12.1 Å². The van der Waals surface area contributed by atoms with Crippen molar-refractivity contribution in [3.63, 3.8) is 0 Å². The fourth-order valence-electron chi connectivity index (χ4n) is 1.43. The molecule has 110 valence electrons. The Labute approximate surface area is 115 Å².